The van der Waals surface area contributed by atoms with Crippen LogP contribution in [0.15, 0.2) is 23.3 Å². The third-order valence-electron chi connectivity index (χ3n) is 3.01. The van der Waals surface area contributed by atoms with Crippen LogP contribution in [0.25, 0.3) is 0 Å². The van der Waals surface area contributed by atoms with E-state index in [0.29, 0.717) is 10.4 Å². The maximum Gasteiger partial charge on any atom is 0.281 e. The molecule has 3 N–H and O–H groups in total. The van der Waals surface area contributed by atoms with E-state index in [0.717, 1.165) is 12.0 Å². The SMILES string of the molecule is CCc1sc(C(=O)N/N=C/c2cc(O)c(O)c(Cl)c2)cc1C. The highest BCUT2D eigenvalue weighted by Gasteiger charge is 2.11. The van der Waals surface area contributed by atoms with Crippen molar-refractivity contribution in [1.29, 1.82) is 0 Å². The Morgan fingerprint density at radius 2 is 2.14 bits per heavy atom. The van der Waals surface area contributed by atoms with E-state index in [9.17, 15) is 15.0 Å². The molecule has 5 nitrogen and oxygen atoms in total. The number of hydrogen-bond donors (Lipinski definition) is 3. The molecule has 116 valence electrons. The molecule has 0 radical (unpaired) electrons. The van der Waals surface area contributed by atoms with Crippen molar-refractivity contribution in [2.75, 3.05) is 0 Å². The number of hydrazone groups is 1. The molecule has 7 heteroatoms. The zero-order valence-corrected chi connectivity index (χ0v) is 13.6. The number of phenols is 2. The average Bonchev–Trinajstić information content (AvgIpc) is 2.85. The maximum atomic E-state index is 12.0. The molecule has 0 aliphatic heterocycles. The fraction of sp³-hybridized carbons (Fsp3) is 0.200. The summed E-state index contributed by atoms with van der Waals surface area (Å²) in [5.74, 6) is -1.02. The van der Waals surface area contributed by atoms with Gasteiger partial charge in [-0.3, -0.25) is 4.79 Å². The molecular formula is C15H15ClN2O3S. The van der Waals surface area contributed by atoms with Gasteiger partial charge in [0.2, 0.25) is 0 Å². The molecule has 0 unspecified atom stereocenters. The van der Waals surface area contributed by atoms with Crippen molar-refractivity contribution in [1.82, 2.24) is 5.43 Å². The summed E-state index contributed by atoms with van der Waals surface area (Å²) in [4.78, 5) is 13.7. The average molecular weight is 339 g/mol. The Labute approximate surface area is 136 Å². The maximum absolute atomic E-state index is 12.0. The first-order valence-electron chi connectivity index (χ1n) is 6.56. The first kappa shape index (κ1) is 16.3. The minimum Gasteiger partial charge on any atom is -0.504 e. The minimum absolute atomic E-state index is 0.00856. The number of halogens is 1. The standard InChI is InChI=1S/C15H15ClN2O3S/c1-3-12-8(2)4-13(22-12)15(21)18-17-7-9-5-10(16)14(20)11(19)6-9/h4-7,19-20H,3H2,1-2H3,(H,18,21)/b17-7+. The lowest BCUT2D eigenvalue weighted by molar-refractivity contribution is 0.0959. The van der Waals surface area contributed by atoms with Gasteiger partial charge in [-0.2, -0.15) is 5.10 Å². The molecule has 22 heavy (non-hydrogen) atoms. The van der Waals surface area contributed by atoms with Crippen molar-refractivity contribution < 1.29 is 15.0 Å². The molecule has 1 aromatic heterocycles. The molecule has 0 aliphatic rings. The Bertz CT molecular complexity index is 717. The van der Waals surface area contributed by atoms with Crippen LogP contribution in [-0.4, -0.2) is 22.3 Å². The van der Waals surface area contributed by atoms with Crippen LogP contribution in [-0.2, 0) is 6.42 Å². The van der Waals surface area contributed by atoms with Crippen LogP contribution in [0.5, 0.6) is 11.5 Å². The van der Waals surface area contributed by atoms with Crippen LogP contribution in [0.4, 0.5) is 0 Å². The van der Waals surface area contributed by atoms with Gasteiger partial charge in [-0.15, -0.1) is 11.3 Å². The fourth-order valence-electron chi connectivity index (χ4n) is 1.88. The van der Waals surface area contributed by atoms with Gasteiger partial charge in [0.05, 0.1) is 16.1 Å². The number of benzene rings is 1. The summed E-state index contributed by atoms with van der Waals surface area (Å²) in [5.41, 5.74) is 3.97. The minimum atomic E-state index is -0.385. The second-order valence-electron chi connectivity index (χ2n) is 4.64. The van der Waals surface area contributed by atoms with Crippen LogP contribution < -0.4 is 5.43 Å². The number of amides is 1. The molecule has 1 aromatic carbocycles. The summed E-state index contributed by atoms with van der Waals surface area (Å²) in [6.45, 7) is 4.01. The molecule has 0 atom stereocenters. The van der Waals surface area contributed by atoms with Crippen LogP contribution in [0.3, 0.4) is 0 Å². The predicted molar refractivity (Wildman–Crippen MR) is 88.3 cm³/mol. The van der Waals surface area contributed by atoms with E-state index < -0.39 is 0 Å². The van der Waals surface area contributed by atoms with Gasteiger partial charge in [0.1, 0.15) is 0 Å². The number of nitrogens with one attached hydrogen (secondary N) is 1. The topological polar surface area (TPSA) is 81.9 Å². The van der Waals surface area contributed by atoms with E-state index in [-0.39, 0.29) is 22.4 Å². The number of aromatic hydroxyl groups is 2. The summed E-state index contributed by atoms with van der Waals surface area (Å²) >= 11 is 7.18. The van der Waals surface area contributed by atoms with Crippen molar-refractivity contribution in [3.63, 3.8) is 0 Å². The van der Waals surface area contributed by atoms with Crippen molar-refractivity contribution in [3.05, 3.63) is 44.1 Å². The van der Waals surface area contributed by atoms with Crippen LogP contribution in [0, 0.1) is 6.92 Å². The van der Waals surface area contributed by atoms with Crippen molar-refractivity contribution in [3.8, 4) is 11.5 Å². The lowest BCUT2D eigenvalue weighted by atomic mass is 10.2. The number of carbonyl (C=O) groups excluding carboxylic acids is 1. The number of carbonyl (C=O) groups is 1. The third-order valence-corrected chi connectivity index (χ3v) is 4.68. The Hall–Kier alpha value is -2.05. The van der Waals surface area contributed by atoms with E-state index in [1.165, 1.54) is 34.6 Å². The van der Waals surface area contributed by atoms with Gasteiger partial charge < -0.3 is 10.2 Å². The van der Waals surface area contributed by atoms with Gasteiger partial charge in [0, 0.05) is 4.88 Å². The predicted octanol–water partition coefficient (Wildman–Crippen LogP) is 3.45. The van der Waals surface area contributed by atoms with Crippen LogP contribution >= 0.6 is 22.9 Å². The van der Waals surface area contributed by atoms with E-state index in [4.69, 9.17) is 11.6 Å². The zero-order valence-electron chi connectivity index (χ0n) is 12.1. The molecule has 0 saturated heterocycles. The number of hydrogen-bond acceptors (Lipinski definition) is 5. The summed E-state index contributed by atoms with van der Waals surface area (Å²) in [7, 11) is 0. The second-order valence-corrected chi connectivity index (χ2v) is 6.18. The Balaban J connectivity index is 2.07. The number of thiophene rings is 1. The molecule has 0 saturated carbocycles. The van der Waals surface area contributed by atoms with Gasteiger partial charge >= 0.3 is 0 Å². The molecule has 2 rings (SSSR count). The highest BCUT2D eigenvalue weighted by atomic mass is 35.5. The van der Waals surface area contributed by atoms with Gasteiger partial charge in [0.15, 0.2) is 11.5 Å². The number of rotatable bonds is 4. The van der Waals surface area contributed by atoms with E-state index in [1.54, 1.807) is 0 Å². The van der Waals surface area contributed by atoms with Gasteiger partial charge in [-0.25, -0.2) is 5.43 Å². The summed E-state index contributed by atoms with van der Waals surface area (Å²) in [5, 5.41) is 22.6. The first-order chi connectivity index (χ1) is 10.4. The Morgan fingerprint density at radius 1 is 1.41 bits per heavy atom. The van der Waals surface area contributed by atoms with Gasteiger partial charge in [-0.05, 0) is 42.7 Å². The number of phenolic OH excluding ortho intramolecular Hbond substituents is 2. The summed E-state index contributed by atoms with van der Waals surface area (Å²) in [6.07, 6.45) is 2.22. The monoisotopic (exact) mass is 338 g/mol. The molecule has 0 fully saturated rings. The highest BCUT2D eigenvalue weighted by molar-refractivity contribution is 7.14. The molecule has 0 spiro atoms. The zero-order chi connectivity index (χ0) is 16.3. The third kappa shape index (κ3) is 3.58. The van der Waals surface area contributed by atoms with Crippen LogP contribution in [0.2, 0.25) is 5.02 Å². The van der Waals surface area contributed by atoms with Gasteiger partial charge in [0.25, 0.3) is 5.91 Å². The van der Waals surface area contributed by atoms with Crippen LogP contribution in [0.1, 0.15) is 32.6 Å². The number of aryl methyl sites for hydroxylation is 2. The second kappa shape index (κ2) is 6.81. The smallest absolute Gasteiger partial charge is 0.281 e. The van der Waals surface area contributed by atoms with Crippen molar-refractivity contribution >= 4 is 35.1 Å². The fourth-order valence-corrected chi connectivity index (χ4v) is 3.11. The Kier molecular flexibility index (Phi) is 5.05. The molecule has 2 aromatic rings. The molecule has 1 heterocycles. The summed E-state index contributed by atoms with van der Waals surface area (Å²) < 4.78 is 0. The van der Waals surface area contributed by atoms with Crippen molar-refractivity contribution in [2.45, 2.75) is 20.3 Å². The van der Waals surface area contributed by atoms with Crippen molar-refractivity contribution in [2.24, 2.45) is 5.10 Å². The van der Waals surface area contributed by atoms with E-state index in [2.05, 4.69) is 10.5 Å². The number of nitrogens with zero attached hydrogens (tertiary/aromatic N) is 1. The molecule has 0 aliphatic carbocycles. The molecule has 0 bridgehead atoms. The lowest BCUT2D eigenvalue weighted by Crippen LogP contribution is -2.16. The molecular weight excluding hydrogens is 324 g/mol. The van der Waals surface area contributed by atoms with E-state index >= 15 is 0 Å². The first-order valence-corrected chi connectivity index (χ1v) is 7.76. The normalized spacial score (nSPS) is 11.0. The van der Waals surface area contributed by atoms with E-state index in [1.807, 2.05) is 19.9 Å². The Morgan fingerprint density at radius 3 is 2.73 bits per heavy atom. The lowest BCUT2D eigenvalue weighted by Gasteiger charge is -2.01. The molecule has 1 amide bonds. The quantitative estimate of drug-likeness (QED) is 0.453. The summed E-state index contributed by atoms with van der Waals surface area (Å²) in [6, 6.07) is 4.55. The highest BCUT2D eigenvalue weighted by Crippen LogP contribution is 2.33. The largest absolute Gasteiger partial charge is 0.504 e. The van der Waals surface area contributed by atoms with Gasteiger partial charge in [-0.1, -0.05) is 18.5 Å².